The number of halogens is 1. The van der Waals surface area contributed by atoms with E-state index in [1.54, 1.807) is 31.3 Å². The van der Waals surface area contributed by atoms with Crippen molar-refractivity contribution < 1.29 is 23.5 Å². The summed E-state index contributed by atoms with van der Waals surface area (Å²) >= 11 is 0. The lowest BCUT2D eigenvalue weighted by Crippen LogP contribution is -2.51. The van der Waals surface area contributed by atoms with Crippen molar-refractivity contribution in [2.24, 2.45) is 0 Å². The molecular formula is C28H37FN2O4. The Hall–Kier alpha value is -3.09. The summed E-state index contributed by atoms with van der Waals surface area (Å²) in [5.41, 5.74) is 1.73. The fraction of sp³-hybridized carbons (Fsp3) is 0.500. The van der Waals surface area contributed by atoms with Crippen molar-refractivity contribution in [1.82, 2.24) is 10.2 Å². The third-order valence-corrected chi connectivity index (χ3v) is 6.68. The first kappa shape index (κ1) is 26.5. The standard InChI is InChI=1S/C28H37FN2O4/c1-4-24(28(33)30-23-8-6-5-7-9-23)31(19-21-10-14-22(29)15-11-21)27(32)17-13-20-12-16-25(34-2)26(18-20)35-3/h10-12,14-16,18,23-24H,4-9,13,17,19H2,1-3H3,(H,30,33)/t24-/m0/s1. The summed E-state index contributed by atoms with van der Waals surface area (Å²) in [6.07, 6.45) is 6.64. The van der Waals surface area contributed by atoms with Gasteiger partial charge in [0.1, 0.15) is 11.9 Å². The summed E-state index contributed by atoms with van der Waals surface area (Å²) < 4.78 is 24.1. The summed E-state index contributed by atoms with van der Waals surface area (Å²) in [5, 5.41) is 3.18. The number of nitrogens with one attached hydrogen (secondary N) is 1. The molecule has 2 amide bonds. The first-order valence-electron chi connectivity index (χ1n) is 12.5. The second-order valence-corrected chi connectivity index (χ2v) is 9.11. The lowest BCUT2D eigenvalue weighted by Gasteiger charge is -2.33. The molecule has 0 radical (unpaired) electrons. The van der Waals surface area contributed by atoms with Crippen molar-refractivity contribution in [2.45, 2.75) is 76.9 Å². The Balaban J connectivity index is 1.76. The molecule has 0 unspecified atom stereocenters. The molecule has 1 atom stereocenters. The highest BCUT2D eigenvalue weighted by Gasteiger charge is 2.30. The molecule has 2 aromatic carbocycles. The molecule has 0 spiro atoms. The molecule has 3 rings (SSSR count). The maximum atomic E-state index is 13.5. The molecule has 190 valence electrons. The Labute approximate surface area is 207 Å². The van der Waals surface area contributed by atoms with Gasteiger partial charge in [-0.25, -0.2) is 4.39 Å². The minimum Gasteiger partial charge on any atom is -0.493 e. The molecule has 1 saturated carbocycles. The average Bonchev–Trinajstić information content (AvgIpc) is 2.88. The van der Waals surface area contributed by atoms with Gasteiger partial charge < -0.3 is 19.7 Å². The molecule has 0 saturated heterocycles. The van der Waals surface area contributed by atoms with Crippen molar-refractivity contribution >= 4 is 11.8 Å². The van der Waals surface area contributed by atoms with Crippen molar-refractivity contribution in [1.29, 1.82) is 0 Å². The Morgan fingerprint density at radius 3 is 2.29 bits per heavy atom. The molecule has 35 heavy (non-hydrogen) atoms. The van der Waals surface area contributed by atoms with Gasteiger partial charge in [0.05, 0.1) is 14.2 Å². The van der Waals surface area contributed by atoms with Gasteiger partial charge in [-0.2, -0.15) is 0 Å². The van der Waals surface area contributed by atoms with Crippen LogP contribution in [0.15, 0.2) is 42.5 Å². The van der Waals surface area contributed by atoms with E-state index in [0.717, 1.165) is 36.8 Å². The number of carbonyl (C=O) groups excluding carboxylic acids is 2. The summed E-state index contributed by atoms with van der Waals surface area (Å²) in [5.74, 6) is 0.683. The van der Waals surface area contributed by atoms with Crippen molar-refractivity contribution in [3.8, 4) is 11.5 Å². The largest absolute Gasteiger partial charge is 0.493 e. The number of methoxy groups -OCH3 is 2. The molecule has 0 aliphatic heterocycles. The van der Waals surface area contributed by atoms with E-state index in [0.29, 0.717) is 24.3 Å². The Morgan fingerprint density at radius 2 is 1.66 bits per heavy atom. The maximum Gasteiger partial charge on any atom is 0.243 e. The second kappa shape index (κ2) is 13.1. The molecule has 1 N–H and O–H groups in total. The van der Waals surface area contributed by atoms with Gasteiger partial charge in [0.25, 0.3) is 0 Å². The minimum atomic E-state index is -0.583. The quantitative estimate of drug-likeness (QED) is 0.486. The minimum absolute atomic E-state index is 0.110. The predicted octanol–water partition coefficient (Wildman–Crippen LogP) is 5.03. The molecule has 1 fully saturated rings. The van der Waals surface area contributed by atoms with Gasteiger partial charge in [0, 0.05) is 19.0 Å². The van der Waals surface area contributed by atoms with Gasteiger partial charge in [0.15, 0.2) is 11.5 Å². The van der Waals surface area contributed by atoms with E-state index in [-0.39, 0.29) is 36.6 Å². The van der Waals surface area contributed by atoms with Crippen LogP contribution < -0.4 is 14.8 Å². The van der Waals surface area contributed by atoms with Crippen LogP contribution in [0.3, 0.4) is 0 Å². The predicted molar refractivity (Wildman–Crippen MR) is 134 cm³/mol. The number of hydrogen-bond acceptors (Lipinski definition) is 4. The fourth-order valence-corrected chi connectivity index (χ4v) is 4.68. The van der Waals surface area contributed by atoms with E-state index >= 15 is 0 Å². The molecule has 1 aliphatic rings. The molecule has 0 bridgehead atoms. The third-order valence-electron chi connectivity index (χ3n) is 6.68. The molecule has 6 nitrogen and oxygen atoms in total. The topological polar surface area (TPSA) is 67.9 Å². The highest BCUT2D eigenvalue weighted by atomic mass is 19.1. The fourth-order valence-electron chi connectivity index (χ4n) is 4.68. The number of ether oxygens (including phenoxy) is 2. The Kier molecular flexibility index (Phi) is 9.94. The SMILES string of the molecule is CC[C@@H](C(=O)NC1CCCCC1)N(Cc1ccc(F)cc1)C(=O)CCc1ccc(OC)c(OC)c1. The lowest BCUT2D eigenvalue weighted by molar-refractivity contribution is -0.141. The first-order chi connectivity index (χ1) is 16.9. The van der Waals surface area contributed by atoms with Crippen molar-refractivity contribution in [3.05, 3.63) is 59.4 Å². The van der Waals surface area contributed by atoms with Gasteiger partial charge in [-0.05, 0) is 61.1 Å². The third kappa shape index (κ3) is 7.44. The molecular weight excluding hydrogens is 447 g/mol. The van der Waals surface area contributed by atoms with Gasteiger partial charge >= 0.3 is 0 Å². The van der Waals surface area contributed by atoms with E-state index in [2.05, 4.69) is 5.32 Å². The van der Waals surface area contributed by atoms with E-state index in [1.165, 1.54) is 18.6 Å². The lowest BCUT2D eigenvalue weighted by atomic mass is 9.95. The molecule has 1 aliphatic carbocycles. The van der Waals surface area contributed by atoms with Gasteiger partial charge in [-0.15, -0.1) is 0 Å². The molecule has 2 aromatic rings. The summed E-state index contributed by atoms with van der Waals surface area (Å²) in [4.78, 5) is 28.4. The number of carbonyl (C=O) groups is 2. The van der Waals surface area contributed by atoms with E-state index in [4.69, 9.17) is 9.47 Å². The van der Waals surface area contributed by atoms with Crippen molar-refractivity contribution in [3.63, 3.8) is 0 Å². The van der Waals surface area contributed by atoms with Crippen LogP contribution in [0.25, 0.3) is 0 Å². The maximum absolute atomic E-state index is 13.5. The zero-order chi connectivity index (χ0) is 25.2. The number of rotatable bonds is 11. The number of nitrogens with zero attached hydrogens (tertiary/aromatic N) is 1. The van der Waals surface area contributed by atoms with Crippen LogP contribution in [0.5, 0.6) is 11.5 Å². The Bertz CT molecular complexity index is 973. The summed E-state index contributed by atoms with van der Waals surface area (Å²) in [7, 11) is 3.16. The molecule has 0 heterocycles. The average molecular weight is 485 g/mol. The number of benzene rings is 2. The van der Waals surface area contributed by atoms with Crippen LogP contribution in [0.2, 0.25) is 0 Å². The zero-order valence-corrected chi connectivity index (χ0v) is 21.0. The highest BCUT2D eigenvalue weighted by molar-refractivity contribution is 5.88. The van der Waals surface area contributed by atoms with Crippen LogP contribution in [-0.2, 0) is 22.6 Å². The number of hydrogen-bond donors (Lipinski definition) is 1. The van der Waals surface area contributed by atoms with Crippen LogP contribution >= 0.6 is 0 Å². The first-order valence-corrected chi connectivity index (χ1v) is 12.5. The zero-order valence-electron chi connectivity index (χ0n) is 21.0. The number of aryl methyl sites for hydroxylation is 1. The molecule has 7 heteroatoms. The van der Waals surface area contributed by atoms with Gasteiger partial charge in [-0.3, -0.25) is 9.59 Å². The second-order valence-electron chi connectivity index (χ2n) is 9.11. The smallest absolute Gasteiger partial charge is 0.243 e. The van der Waals surface area contributed by atoms with Crippen LogP contribution in [-0.4, -0.2) is 43.0 Å². The van der Waals surface area contributed by atoms with Gasteiger partial charge in [0.2, 0.25) is 11.8 Å². The van der Waals surface area contributed by atoms with Gasteiger partial charge in [-0.1, -0.05) is 44.4 Å². The number of amides is 2. The van der Waals surface area contributed by atoms with E-state index in [9.17, 15) is 14.0 Å². The van der Waals surface area contributed by atoms with Crippen LogP contribution in [0.1, 0.15) is 63.0 Å². The summed E-state index contributed by atoms with van der Waals surface area (Å²) in [6, 6.07) is 11.3. The van der Waals surface area contributed by atoms with Crippen LogP contribution in [0, 0.1) is 5.82 Å². The monoisotopic (exact) mass is 484 g/mol. The highest BCUT2D eigenvalue weighted by Crippen LogP contribution is 2.28. The summed E-state index contributed by atoms with van der Waals surface area (Å²) in [6.45, 7) is 2.17. The normalized spacial score (nSPS) is 14.7. The van der Waals surface area contributed by atoms with E-state index < -0.39 is 6.04 Å². The van der Waals surface area contributed by atoms with E-state index in [1.807, 2.05) is 25.1 Å². The van der Waals surface area contributed by atoms with Crippen LogP contribution in [0.4, 0.5) is 4.39 Å². The molecule has 0 aromatic heterocycles. The van der Waals surface area contributed by atoms with Crippen molar-refractivity contribution in [2.75, 3.05) is 14.2 Å². The Morgan fingerprint density at radius 1 is 1.00 bits per heavy atom.